The molecule has 1 spiro atoms. The third-order valence-electron chi connectivity index (χ3n) is 11.3. The maximum absolute atomic E-state index is 12.4. The highest BCUT2D eigenvalue weighted by Crippen LogP contribution is 2.73. The second-order valence-electron chi connectivity index (χ2n) is 13.4. The summed E-state index contributed by atoms with van der Waals surface area (Å²) in [5.41, 5.74) is -0.488. The lowest BCUT2D eigenvalue weighted by Gasteiger charge is -2.60. The molecule has 5 aliphatic rings. The molecule has 3 aliphatic carbocycles. The van der Waals surface area contributed by atoms with E-state index >= 15 is 0 Å². The van der Waals surface area contributed by atoms with E-state index in [2.05, 4.69) is 34.6 Å². The van der Waals surface area contributed by atoms with Crippen LogP contribution in [0.3, 0.4) is 0 Å². The van der Waals surface area contributed by atoms with Gasteiger partial charge in [0.15, 0.2) is 5.60 Å². The fourth-order valence-electron chi connectivity index (χ4n) is 9.65. The SMILES string of the molecule is CC(=O)O[C@H]1C[C@H]2[C@@H]3CC[C@H]([C@H](C)CCCC(C)C)[C@@]3(C)CC[C@@H]2[C@@]2(C)CCC(=O)O[C@H]3O[C@@]312. The lowest BCUT2D eigenvalue weighted by atomic mass is 9.45. The first-order valence-electron chi connectivity index (χ1n) is 14.1. The topological polar surface area (TPSA) is 65.1 Å². The van der Waals surface area contributed by atoms with E-state index in [1.54, 1.807) is 0 Å². The van der Waals surface area contributed by atoms with E-state index in [0.717, 1.165) is 30.6 Å². The summed E-state index contributed by atoms with van der Waals surface area (Å²) in [6.07, 6.45) is 10.2. The van der Waals surface area contributed by atoms with Crippen molar-refractivity contribution < 1.29 is 23.8 Å². The summed E-state index contributed by atoms with van der Waals surface area (Å²) < 4.78 is 17.9. The van der Waals surface area contributed by atoms with Gasteiger partial charge in [-0.1, -0.05) is 53.9 Å². The van der Waals surface area contributed by atoms with Gasteiger partial charge in [-0.15, -0.1) is 0 Å². The van der Waals surface area contributed by atoms with Crippen LogP contribution in [0.1, 0.15) is 106 Å². The molecule has 5 rings (SSSR count). The summed E-state index contributed by atoms with van der Waals surface area (Å²) >= 11 is 0. The fraction of sp³-hybridized carbons (Fsp3) is 0.931. The Hall–Kier alpha value is -1.10. The molecule has 0 N–H and O–H groups in total. The smallest absolute Gasteiger partial charge is 0.308 e. The van der Waals surface area contributed by atoms with Crippen molar-refractivity contribution in [3.05, 3.63) is 0 Å². The molecule has 2 aliphatic heterocycles. The molecule has 5 fully saturated rings. The van der Waals surface area contributed by atoms with Gasteiger partial charge in [0, 0.05) is 18.8 Å². The Labute approximate surface area is 206 Å². The van der Waals surface area contributed by atoms with Gasteiger partial charge in [-0.2, -0.15) is 0 Å². The number of carbonyl (C=O) groups is 2. The zero-order chi connectivity index (χ0) is 24.5. The van der Waals surface area contributed by atoms with Gasteiger partial charge in [-0.25, -0.2) is 0 Å². The van der Waals surface area contributed by atoms with E-state index in [1.165, 1.54) is 51.9 Å². The molecule has 0 unspecified atom stereocenters. The number of hydrogen-bond acceptors (Lipinski definition) is 5. The van der Waals surface area contributed by atoms with Crippen molar-refractivity contribution in [1.82, 2.24) is 0 Å². The van der Waals surface area contributed by atoms with Gasteiger partial charge in [0.2, 0.25) is 6.29 Å². The molecule has 0 bridgehead atoms. The van der Waals surface area contributed by atoms with Gasteiger partial charge >= 0.3 is 11.9 Å². The molecule has 5 heteroatoms. The standard InChI is InChI=1S/C29H46O5/c1-17(2)8-7-9-18(3)21-10-11-22-20-16-24(32-19(4)30)29-26(34-29)33-25(31)13-15-28(29,6)23(20)12-14-27(21,22)5/h17-18,20-24,26H,7-16H2,1-6H3/t18-,20+,21-,22+,23+,24+,26+,27-,28-,29-/m1/s1. The summed E-state index contributed by atoms with van der Waals surface area (Å²) in [5, 5.41) is 0. The number of fused-ring (bicyclic) bond motifs is 4. The fourth-order valence-corrected chi connectivity index (χ4v) is 9.65. The first-order valence-corrected chi connectivity index (χ1v) is 14.1. The maximum atomic E-state index is 12.4. The Morgan fingerprint density at radius 2 is 1.85 bits per heavy atom. The van der Waals surface area contributed by atoms with E-state index in [1.807, 2.05) is 0 Å². The normalized spacial score (nSPS) is 48.0. The number of hydrogen-bond donors (Lipinski definition) is 0. The molecule has 0 aromatic carbocycles. The molecular formula is C29H46O5. The molecule has 0 aromatic heterocycles. The molecule has 0 radical (unpaired) electrons. The average Bonchev–Trinajstić information content (AvgIpc) is 3.37. The Morgan fingerprint density at radius 3 is 2.56 bits per heavy atom. The summed E-state index contributed by atoms with van der Waals surface area (Å²) in [5.74, 6) is 3.57. The van der Waals surface area contributed by atoms with Crippen molar-refractivity contribution in [2.24, 2.45) is 46.3 Å². The zero-order valence-corrected chi connectivity index (χ0v) is 22.2. The Morgan fingerprint density at radius 1 is 1.09 bits per heavy atom. The van der Waals surface area contributed by atoms with Gasteiger partial charge in [-0.3, -0.25) is 9.59 Å². The highest BCUT2D eigenvalue weighted by atomic mass is 16.8. The Kier molecular flexibility index (Phi) is 6.14. The van der Waals surface area contributed by atoms with Gasteiger partial charge in [0.1, 0.15) is 6.10 Å². The minimum atomic E-state index is -0.651. The highest BCUT2D eigenvalue weighted by Gasteiger charge is 2.80. The van der Waals surface area contributed by atoms with Crippen LogP contribution in [-0.4, -0.2) is 29.9 Å². The summed E-state index contributed by atoms with van der Waals surface area (Å²) in [6.45, 7) is 13.5. The number of ether oxygens (including phenoxy) is 3. The van der Waals surface area contributed by atoms with Crippen LogP contribution in [-0.2, 0) is 23.8 Å². The van der Waals surface area contributed by atoms with Gasteiger partial charge in [0.25, 0.3) is 0 Å². The van der Waals surface area contributed by atoms with E-state index < -0.39 is 11.9 Å². The molecule has 2 saturated heterocycles. The Bertz CT molecular complexity index is 823. The number of esters is 2. The van der Waals surface area contributed by atoms with Crippen LogP contribution >= 0.6 is 0 Å². The molecule has 3 saturated carbocycles. The Balaban J connectivity index is 1.41. The average molecular weight is 475 g/mol. The van der Waals surface area contributed by atoms with Crippen LogP contribution in [0.2, 0.25) is 0 Å². The molecule has 5 nitrogen and oxygen atoms in total. The van der Waals surface area contributed by atoms with Crippen molar-refractivity contribution in [3.8, 4) is 0 Å². The van der Waals surface area contributed by atoms with Crippen molar-refractivity contribution >= 4 is 11.9 Å². The highest BCUT2D eigenvalue weighted by molar-refractivity contribution is 5.71. The monoisotopic (exact) mass is 474 g/mol. The van der Waals surface area contributed by atoms with E-state index in [0.29, 0.717) is 29.6 Å². The summed E-state index contributed by atoms with van der Waals surface area (Å²) in [4.78, 5) is 24.5. The quantitative estimate of drug-likeness (QED) is 0.335. The lowest BCUT2D eigenvalue weighted by molar-refractivity contribution is -0.184. The first kappa shape index (κ1) is 24.6. The van der Waals surface area contributed by atoms with Crippen LogP contribution in [0, 0.1) is 46.3 Å². The van der Waals surface area contributed by atoms with E-state index in [-0.39, 0.29) is 23.5 Å². The predicted octanol–water partition coefficient (Wildman–Crippen LogP) is 6.28. The van der Waals surface area contributed by atoms with Crippen LogP contribution in [0.15, 0.2) is 0 Å². The minimum absolute atomic E-state index is 0.174. The molecule has 2 heterocycles. The molecular weight excluding hydrogens is 428 g/mol. The summed E-state index contributed by atoms with van der Waals surface area (Å²) in [6, 6.07) is 0. The van der Waals surface area contributed by atoms with Gasteiger partial charge in [-0.05, 0) is 79.4 Å². The van der Waals surface area contributed by atoms with Crippen LogP contribution in [0.25, 0.3) is 0 Å². The van der Waals surface area contributed by atoms with Crippen LogP contribution < -0.4 is 0 Å². The number of epoxide rings is 1. The molecule has 0 aromatic rings. The van der Waals surface area contributed by atoms with Crippen molar-refractivity contribution in [2.75, 3.05) is 0 Å². The van der Waals surface area contributed by atoms with Crippen molar-refractivity contribution in [2.45, 2.75) is 124 Å². The second-order valence-corrected chi connectivity index (χ2v) is 13.4. The summed E-state index contributed by atoms with van der Waals surface area (Å²) in [7, 11) is 0. The largest absolute Gasteiger partial charge is 0.459 e. The maximum Gasteiger partial charge on any atom is 0.308 e. The van der Waals surface area contributed by atoms with Gasteiger partial charge in [0.05, 0.1) is 0 Å². The van der Waals surface area contributed by atoms with Crippen molar-refractivity contribution in [3.63, 3.8) is 0 Å². The second kappa shape index (κ2) is 8.49. The molecule has 34 heavy (non-hydrogen) atoms. The van der Waals surface area contributed by atoms with E-state index in [9.17, 15) is 9.59 Å². The van der Waals surface area contributed by atoms with Crippen LogP contribution in [0.5, 0.6) is 0 Å². The molecule has 10 atom stereocenters. The first-order chi connectivity index (χ1) is 16.0. The lowest BCUT2D eigenvalue weighted by Crippen LogP contribution is -2.62. The predicted molar refractivity (Wildman–Crippen MR) is 130 cm³/mol. The number of rotatable bonds is 6. The van der Waals surface area contributed by atoms with Gasteiger partial charge < -0.3 is 14.2 Å². The minimum Gasteiger partial charge on any atom is -0.459 e. The number of carbonyl (C=O) groups excluding carboxylic acids is 2. The molecule has 0 amide bonds. The van der Waals surface area contributed by atoms with Crippen molar-refractivity contribution in [1.29, 1.82) is 0 Å². The third-order valence-corrected chi connectivity index (χ3v) is 11.3. The third kappa shape index (κ3) is 3.58. The van der Waals surface area contributed by atoms with E-state index in [4.69, 9.17) is 14.2 Å². The van der Waals surface area contributed by atoms with Crippen LogP contribution in [0.4, 0.5) is 0 Å². The molecule has 192 valence electrons. The zero-order valence-electron chi connectivity index (χ0n) is 22.2.